The number of aliphatic hydroxyl groups excluding tert-OH is 1. The third kappa shape index (κ3) is 5.10. The Bertz CT molecular complexity index is 1830. The number of thioether (sulfide) groups is 1. The van der Waals surface area contributed by atoms with Gasteiger partial charge in [0.2, 0.25) is 10.9 Å². The summed E-state index contributed by atoms with van der Waals surface area (Å²) in [5.41, 5.74) is 3.07. The molecule has 41 heavy (non-hydrogen) atoms. The molecule has 2 aromatic heterocycles. The van der Waals surface area contributed by atoms with Gasteiger partial charge in [-0.3, -0.25) is 14.5 Å². The number of ketones is 1. The lowest BCUT2D eigenvalue weighted by molar-refractivity contribution is -0.117. The fourth-order valence-electron chi connectivity index (χ4n) is 4.66. The van der Waals surface area contributed by atoms with Gasteiger partial charge in [0.15, 0.2) is 27.2 Å². The number of para-hydroxylation sites is 1. The molecule has 0 aliphatic carbocycles. The lowest BCUT2D eigenvalue weighted by atomic mass is 9.95. The highest BCUT2D eigenvalue weighted by atomic mass is 35.5. The van der Waals surface area contributed by atoms with Gasteiger partial charge in [-0.05, 0) is 42.3 Å². The molecule has 206 valence electrons. The molecule has 0 saturated carbocycles. The Labute approximate surface area is 248 Å². The molecular weight excluding hydrogens is 582 g/mol. The Kier molecular flexibility index (Phi) is 7.29. The number of aryl methyl sites for hydroxylation is 1. The maximum atomic E-state index is 13.9. The van der Waals surface area contributed by atoms with Crippen molar-refractivity contribution in [1.82, 2.24) is 10.2 Å². The van der Waals surface area contributed by atoms with Crippen LogP contribution in [0.5, 0.6) is 5.75 Å². The molecule has 0 radical (unpaired) electrons. The molecule has 3 heterocycles. The van der Waals surface area contributed by atoms with Crippen molar-refractivity contribution < 1.29 is 23.8 Å². The number of fused-ring (bicyclic) bond motifs is 1. The number of rotatable bonds is 8. The monoisotopic (exact) mass is 603 g/mol. The Morgan fingerprint density at radius 3 is 2.66 bits per heavy atom. The molecule has 8 nitrogen and oxygen atoms in total. The number of furan rings is 1. The SMILES string of the molecule is COc1cccc2cc(C(=O)C3=C(O)C(=O)N(c4nnc(SCc5ccc(C)cc5)s4)C3c3cccc(Cl)c3)oc12. The molecule has 0 bridgehead atoms. The number of amides is 1. The summed E-state index contributed by atoms with van der Waals surface area (Å²) in [6, 6.07) is 20.8. The summed E-state index contributed by atoms with van der Waals surface area (Å²) in [5, 5.41) is 20.9. The summed E-state index contributed by atoms with van der Waals surface area (Å²) in [6.07, 6.45) is 0. The molecule has 0 spiro atoms. The van der Waals surface area contributed by atoms with E-state index in [1.54, 1.807) is 48.5 Å². The van der Waals surface area contributed by atoms with Crippen LogP contribution in [0, 0.1) is 6.92 Å². The summed E-state index contributed by atoms with van der Waals surface area (Å²) in [5.74, 6) is -1.00. The fraction of sp³-hybridized carbons (Fsp3) is 0.133. The van der Waals surface area contributed by atoms with Gasteiger partial charge in [0.05, 0.1) is 18.7 Å². The van der Waals surface area contributed by atoms with Gasteiger partial charge in [-0.25, -0.2) is 0 Å². The number of aliphatic hydroxyl groups is 1. The lowest BCUT2D eigenvalue weighted by Crippen LogP contribution is -2.31. The van der Waals surface area contributed by atoms with Crippen LogP contribution in [0.25, 0.3) is 11.0 Å². The van der Waals surface area contributed by atoms with E-state index in [1.807, 2.05) is 19.1 Å². The predicted molar refractivity (Wildman–Crippen MR) is 159 cm³/mol. The summed E-state index contributed by atoms with van der Waals surface area (Å²) in [4.78, 5) is 28.7. The second-order valence-corrected chi connectivity index (χ2v) is 12.0. The first-order chi connectivity index (χ1) is 19.8. The van der Waals surface area contributed by atoms with E-state index in [9.17, 15) is 14.7 Å². The van der Waals surface area contributed by atoms with Crippen LogP contribution in [0.3, 0.4) is 0 Å². The maximum Gasteiger partial charge on any atom is 0.296 e. The second kappa shape index (κ2) is 11.0. The minimum Gasteiger partial charge on any atom is -0.503 e. The van der Waals surface area contributed by atoms with Crippen LogP contribution in [0.15, 0.2) is 92.9 Å². The number of methoxy groups -OCH3 is 1. The van der Waals surface area contributed by atoms with E-state index in [1.165, 1.54) is 40.7 Å². The quantitative estimate of drug-likeness (QED) is 0.112. The number of nitrogens with zero attached hydrogens (tertiary/aromatic N) is 3. The normalized spacial score (nSPS) is 15.2. The van der Waals surface area contributed by atoms with E-state index in [-0.39, 0.29) is 16.5 Å². The molecule has 6 rings (SSSR count). The molecule has 3 aromatic carbocycles. The van der Waals surface area contributed by atoms with Gasteiger partial charge in [-0.1, -0.05) is 88.8 Å². The zero-order valence-corrected chi connectivity index (χ0v) is 24.2. The lowest BCUT2D eigenvalue weighted by Gasteiger charge is -2.23. The number of hydrogen-bond donors (Lipinski definition) is 1. The van der Waals surface area contributed by atoms with Crippen molar-refractivity contribution in [2.24, 2.45) is 0 Å². The second-order valence-electron chi connectivity index (χ2n) is 9.34. The van der Waals surface area contributed by atoms with Gasteiger partial charge in [-0.15, -0.1) is 10.2 Å². The zero-order chi connectivity index (χ0) is 28.7. The highest BCUT2D eigenvalue weighted by Crippen LogP contribution is 2.45. The van der Waals surface area contributed by atoms with Crippen LogP contribution in [0.2, 0.25) is 5.02 Å². The molecule has 0 saturated heterocycles. The van der Waals surface area contributed by atoms with Gasteiger partial charge < -0.3 is 14.3 Å². The molecule has 1 aliphatic rings. The third-order valence-corrected chi connectivity index (χ3v) is 9.02. The Balaban J connectivity index is 1.37. The first-order valence-electron chi connectivity index (χ1n) is 12.5. The van der Waals surface area contributed by atoms with E-state index >= 15 is 0 Å². The average molecular weight is 604 g/mol. The number of carbonyl (C=O) groups excluding carboxylic acids is 2. The Hall–Kier alpha value is -4.12. The largest absolute Gasteiger partial charge is 0.503 e. The minimum atomic E-state index is -1.01. The topological polar surface area (TPSA) is 106 Å². The molecule has 1 aliphatic heterocycles. The molecule has 1 N–H and O–H groups in total. The average Bonchev–Trinajstić information content (AvgIpc) is 3.69. The molecule has 0 fully saturated rings. The predicted octanol–water partition coefficient (Wildman–Crippen LogP) is 7.33. The molecule has 11 heteroatoms. The number of anilines is 1. The van der Waals surface area contributed by atoms with Crippen molar-refractivity contribution in [3.63, 3.8) is 0 Å². The first kappa shape index (κ1) is 27.1. The molecule has 5 aromatic rings. The number of aromatic nitrogens is 2. The summed E-state index contributed by atoms with van der Waals surface area (Å²) in [6.45, 7) is 2.03. The van der Waals surface area contributed by atoms with E-state index < -0.39 is 23.5 Å². The van der Waals surface area contributed by atoms with Crippen molar-refractivity contribution in [3.05, 3.63) is 112 Å². The summed E-state index contributed by atoms with van der Waals surface area (Å²) >= 11 is 9.00. The van der Waals surface area contributed by atoms with E-state index in [4.69, 9.17) is 20.8 Å². The highest BCUT2D eigenvalue weighted by Gasteiger charge is 2.47. The van der Waals surface area contributed by atoms with E-state index in [0.717, 1.165) is 5.56 Å². The van der Waals surface area contributed by atoms with Crippen LogP contribution in [-0.2, 0) is 10.5 Å². The Morgan fingerprint density at radius 2 is 1.90 bits per heavy atom. The standard InChI is InChI=1S/C30H22ClN3O5S2/c1-16-9-11-17(12-10-16)15-40-30-33-32-29(41-30)34-24(18-5-3-7-20(31)13-18)23(26(36)28(34)37)25(35)22-14-19-6-4-8-21(38-2)27(19)39-22/h3-14,24,36H,15H2,1-2H3. The van der Waals surface area contributed by atoms with Crippen molar-refractivity contribution in [1.29, 1.82) is 0 Å². The molecular formula is C30H22ClN3O5S2. The van der Waals surface area contributed by atoms with Gasteiger partial charge in [-0.2, -0.15) is 0 Å². The number of Topliss-reactive ketones (excluding diaryl/α,β-unsaturated/α-hetero) is 1. The number of ether oxygens (including phenoxy) is 1. The smallest absolute Gasteiger partial charge is 0.296 e. The zero-order valence-electron chi connectivity index (χ0n) is 21.8. The third-order valence-electron chi connectivity index (χ3n) is 6.65. The number of hydrogen-bond acceptors (Lipinski definition) is 9. The molecule has 1 atom stereocenters. The van der Waals surface area contributed by atoms with Crippen LogP contribution < -0.4 is 9.64 Å². The van der Waals surface area contributed by atoms with Crippen molar-refractivity contribution in [2.45, 2.75) is 23.1 Å². The van der Waals surface area contributed by atoms with Gasteiger partial charge in [0.25, 0.3) is 5.91 Å². The molecule has 1 unspecified atom stereocenters. The van der Waals surface area contributed by atoms with Gasteiger partial charge in [0, 0.05) is 16.2 Å². The highest BCUT2D eigenvalue weighted by molar-refractivity contribution is 8.00. The van der Waals surface area contributed by atoms with Crippen LogP contribution >= 0.6 is 34.7 Å². The number of carbonyl (C=O) groups is 2. The minimum absolute atomic E-state index is 0.0423. The summed E-state index contributed by atoms with van der Waals surface area (Å²) in [7, 11) is 1.51. The Morgan fingerprint density at radius 1 is 1.12 bits per heavy atom. The van der Waals surface area contributed by atoms with Gasteiger partial charge in [0.1, 0.15) is 0 Å². The number of halogens is 1. The van der Waals surface area contributed by atoms with Crippen LogP contribution in [0.4, 0.5) is 5.13 Å². The van der Waals surface area contributed by atoms with Crippen molar-refractivity contribution in [3.8, 4) is 5.75 Å². The van der Waals surface area contributed by atoms with Crippen molar-refractivity contribution in [2.75, 3.05) is 12.0 Å². The van der Waals surface area contributed by atoms with Crippen LogP contribution in [0.1, 0.15) is 33.3 Å². The first-order valence-corrected chi connectivity index (χ1v) is 14.7. The molecule has 1 amide bonds. The van der Waals surface area contributed by atoms with Gasteiger partial charge >= 0.3 is 0 Å². The maximum absolute atomic E-state index is 13.9. The number of benzene rings is 3. The van der Waals surface area contributed by atoms with E-state index in [0.29, 0.717) is 37.4 Å². The van der Waals surface area contributed by atoms with Crippen LogP contribution in [-0.4, -0.2) is 34.1 Å². The summed E-state index contributed by atoms with van der Waals surface area (Å²) < 4.78 is 11.9. The van der Waals surface area contributed by atoms with E-state index in [2.05, 4.69) is 22.3 Å². The fourth-order valence-corrected chi connectivity index (χ4v) is 6.68. The van der Waals surface area contributed by atoms with Crippen molar-refractivity contribution >= 4 is 62.5 Å².